The molecule has 0 spiro atoms. The summed E-state index contributed by atoms with van der Waals surface area (Å²) in [6.45, 7) is 3.49. The molecule has 2 atom stereocenters. The Kier molecular flexibility index (Phi) is 42.2. The van der Waals surface area contributed by atoms with Crippen LogP contribution in [0.2, 0.25) is 0 Å². The first-order valence-corrected chi connectivity index (χ1v) is 24.2. The zero-order valence-corrected chi connectivity index (χ0v) is 37.8. The summed E-state index contributed by atoms with van der Waals surface area (Å²) in [6.07, 6.45) is 57.4. The molecule has 0 aromatic carbocycles. The summed E-state index contributed by atoms with van der Waals surface area (Å²) in [5.74, 6) is -0.939. The van der Waals surface area contributed by atoms with Gasteiger partial charge in [0.05, 0.1) is 13.2 Å². The highest BCUT2D eigenvalue weighted by Crippen LogP contribution is 2.43. The predicted octanol–water partition coefficient (Wildman–Crippen LogP) is 13.4. The van der Waals surface area contributed by atoms with Gasteiger partial charge in [0.1, 0.15) is 6.61 Å². The lowest BCUT2D eigenvalue weighted by Gasteiger charge is -2.19. The van der Waals surface area contributed by atoms with Crippen molar-refractivity contribution >= 4 is 19.8 Å². The van der Waals surface area contributed by atoms with Crippen LogP contribution in [0.3, 0.4) is 0 Å². The normalized spacial score (nSPS) is 14.2. The molecule has 0 heterocycles. The molecular weight excluding hydrogens is 762 g/mol. The van der Waals surface area contributed by atoms with E-state index < -0.39 is 32.5 Å². The minimum Gasteiger partial charge on any atom is -0.462 e. The third-order valence-corrected chi connectivity index (χ3v) is 9.95. The Labute approximate surface area is 359 Å². The number of unbranched alkanes of at least 4 members (excludes halogenated alkanes) is 12. The van der Waals surface area contributed by atoms with E-state index in [2.05, 4.69) is 98.9 Å². The van der Waals surface area contributed by atoms with E-state index in [1.165, 1.54) is 57.8 Å². The smallest absolute Gasteiger partial charge is 0.462 e. The van der Waals surface area contributed by atoms with E-state index in [1.54, 1.807) is 0 Å². The highest BCUT2D eigenvalue weighted by Gasteiger charge is 2.25. The van der Waals surface area contributed by atoms with Crippen LogP contribution in [-0.2, 0) is 32.7 Å². The number of hydrogen-bond donors (Lipinski definition) is 2. The van der Waals surface area contributed by atoms with Crippen LogP contribution in [-0.4, -0.2) is 49.3 Å². The second kappa shape index (κ2) is 44.5. The average molecular weight is 844 g/mol. The van der Waals surface area contributed by atoms with Crippen LogP contribution in [0, 0.1) is 0 Å². The topological polar surface area (TPSA) is 134 Å². The lowest BCUT2D eigenvalue weighted by Crippen LogP contribution is -2.29. The van der Waals surface area contributed by atoms with Crippen LogP contribution in [0.4, 0.5) is 0 Å². The van der Waals surface area contributed by atoms with Crippen LogP contribution in [0.1, 0.15) is 168 Å². The number of phosphoric ester groups is 1. The molecular formula is C49H82NO8P. The number of nitrogens with two attached hydrogens (primary N) is 1. The molecule has 0 saturated carbocycles. The monoisotopic (exact) mass is 844 g/mol. The minimum absolute atomic E-state index is 0.0362. The van der Waals surface area contributed by atoms with E-state index in [0.717, 1.165) is 70.6 Å². The molecule has 0 radical (unpaired) electrons. The largest absolute Gasteiger partial charge is 0.472 e. The number of ether oxygens (including phenoxy) is 2. The third kappa shape index (κ3) is 44.3. The fourth-order valence-corrected chi connectivity index (χ4v) is 6.40. The summed E-state index contributed by atoms with van der Waals surface area (Å²) < 4.78 is 32.7. The fourth-order valence-electron chi connectivity index (χ4n) is 5.63. The number of phosphoric acid groups is 1. The van der Waals surface area contributed by atoms with Crippen molar-refractivity contribution in [3.8, 4) is 0 Å². The van der Waals surface area contributed by atoms with Crippen LogP contribution in [0.25, 0.3) is 0 Å². The van der Waals surface area contributed by atoms with E-state index >= 15 is 0 Å². The molecule has 0 aromatic heterocycles. The van der Waals surface area contributed by atoms with Crippen molar-refractivity contribution in [3.63, 3.8) is 0 Å². The van der Waals surface area contributed by atoms with E-state index in [4.69, 9.17) is 24.3 Å². The molecule has 0 bridgehead atoms. The van der Waals surface area contributed by atoms with Crippen LogP contribution in [0.15, 0.2) is 97.2 Å². The molecule has 0 aliphatic rings. The second-order valence-electron chi connectivity index (χ2n) is 14.5. The molecule has 9 nitrogen and oxygen atoms in total. The lowest BCUT2D eigenvalue weighted by molar-refractivity contribution is -0.161. The van der Waals surface area contributed by atoms with Crippen molar-refractivity contribution in [2.75, 3.05) is 26.4 Å². The number of esters is 2. The van der Waals surface area contributed by atoms with Gasteiger partial charge < -0.3 is 20.1 Å². The van der Waals surface area contributed by atoms with Crippen LogP contribution < -0.4 is 5.73 Å². The van der Waals surface area contributed by atoms with E-state index in [9.17, 15) is 19.0 Å². The van der Waals surface area contributed by atoms with Gasteiger partial charge >= 0.3 is 19.8 Å². The summed E-state index contributed by atoms with van der Waals surface area (Å²) in [5.41, 5.74) is 5.35. The number of carbonyl (C=O) groups is 2. The Bertz CT molecular complexity index is 1280. The Balaban J connectivity index is 4.27. The van der Waals surface area contributed by atoms with Gasteiger partial charge in [0, 0.05) is 19.4 Å². The number of allylic oxidation sites excluding steroid dienone is 16. The highest BCUT2D eigenvalue weighted by atomic mass is 31.2. The van der Waals surface area contributed by atoms with Crippen molar-refractivity contribution in [3.05, 3.63) is 97.2 Å². The molecule has 0 aromatic rings. The maximum Gasteiger partial charge on any atom is 0.472 e. The Morgan fingerprint density at radius 2 is 0.966 bits per heavy atom. The first-order chi connectivity index (χ1) is 28.8. The third-order valence-electron chi connectivity index (χ3n) is 8.97. The zero-order chi connectivity index (χ0) is 43.2. The van der Waals surface area contributed by atoms with Gasteiger partial charge in [-0.15, -0.1) is 0 Å². The first kappa shape index (κ1) is 55.9. The Morgan fingerprint density at radius 3 is 1.46 bits per heavy atom. The SMILES string of the molecule is CCC=CCC=CCC=CCC=CCC=CCC=CCCC(=O)O[C@H](COC(=O)CCCCCCCCCCCC=CCC=CCCCCC)COP(=O)(O)OCCN. The van der Waals surface area contributed by atoms with Crippen molar-refractivity contribution in [2.24, 2.45) is 5.73 Å². The van der Waals surface area contributed by atoms with Crippen molar-refractivity contribution in [2.45, 2.75) is 174 Å². The van der Waals surface area contributed by atoms with Gasteiger partial charge in [0.25, 0.3) is 0 Å². The number of carbonyl (C=O) groups excluding carboxylic acids is 2. The quantitative estimate of drug-likeness (QED) is 0.0267. The zero-order valence-electron chi connectivity index (χ0n) is 36.9. The average Bonchev–Trinajstić information content (AvgIpc) is 3.22. The molecule has 0 aliphatic heterocycles. The van der Waals surface area contributed by atoms with Crippen molar-refractivity contribution < 1.29 is 37.6 Å². The van der Waals surface area contributed by atoms with Crippen LogP contribution >= 0.6 is 7.82 Å². The summed E-state index contributed by atoms with van der Waals surface area (Å²) in [7, 11) is -4.41. The molecule has 336 valence electrons. The summed E-state index contributed by atoms with van der Waals surface area (Å²) in [6, 6.07) is 0. The molecule has 0 aliphatic carbocycles. The summed E-state index contributed by atoms with van der Waals surface area (Å²) >= 11 is 0. The standard InChI is InChI=1S/C49H82NO8P/c1-3-5-7-9-11-13-15-17-19-21-23-25-27-29-31-33-35-37-39-41-48(51)55-45-47(46-57-59(53,54)56-44-43-50)58-49(52)42-40-38-36-34-32-30-28-26-24-22-20-18-16-14-12-10-8-6-4-2/h6,8,11-14,17-20,24,26,30,32,36,38,47H,3-5,7,9-10,15-16,21-23,25,27-29,31,33-35,37,39-46,50H2,1-2H3,(H,53,54)/t47-/m1/s1. The van der Waals surface area contributed by atoms with Gasteiger partial charge in [-0.1, -0.05) is 169 Å². The van der Waals surface area contributed by atoms with E-state index in [0.29, 0.717) is 12.8 Å². The number of rotatable bonds is 41. The molecule has 1 unspecified atom stereocenters. The van der Waals surface area contributed by atoms with Crippen molar-refractivity contribution in [1.82, 2.24) is 0 Å². The maximum atomic E-state index is 12.6. The van der Waals surface area contributed by atoms with Gasteiger partial charge in [0.15, 0.2) is 6.10 Å². The Hall–Kier alpha value is -3.07. The molecule has 0 saturated heterocycles. The molecule has 0 fully saturated rings. The van der Waals surface area contributed by atoms with Crippen LogP contribution in [0.5, 0.6) is 0 Å². The Morgan fingerprint density at radius 1 is 0.525 bits per heavy atom. The summed E-state index contributed by atoms with van der Waals surface area (Å²) in [5, 5.41) is 0. The predicted molar refractivity (Wildman–Crippen MR) is 247 cm³/mol. The fraction of sp³-hybridized carbons (Fsp3) is 0.633. The molecule has 59 heavy (non-hydrogen) atoms. The van der Waals surface area contributed by atoms with Gasteiger partial charge in [-0.05, 0) is 83.5 Å². The van der Waals surface area contributed by atoms with E-state index in [-0.39, 0.29) is 32.6 Å². The van der Waals surface area contributed by atoms with Gasteiger partial charge in [-0.25, -0.2) is 4.57 Å². The molecule has 0 amide bonds. The van der Waals surface area contributed by atoms with Gasteiger partial charge in [-0.2, -0.15) is 0 Å². The first-order valence-electron chi connectivity index (χ1n) is 22.7. The highest BCUT2D eigenvalue weighted by molar-refractivity contribution is 7.47. The summed E-state index contributed by atoms with van der Waals surface area (Å²) in [4.78, 5) is 34.9. The molecule has 0 rings (SSSR count). The van der Waals surface area contributed by atoms with E-state index in [1.807, 2.05) is 12.2 Å². The van der Waals surface area contributed by atoms with Crippen molar-refractivity contribution in [1.29, 1.82) is 0 Å². The second-order valence-corrected chi connectivity index (χ2v) is 16.0. The van der Waals surface area contributed by atoms with Gasteiger partial charge in [-0.3, -0.25) is 18.6 Å². The maximum absolute atomic E-state index is 12.6. The molecule has 10 heteroatoms. The minimum atomic E-state index is -4.41. The lowest BCUT2D eigenvalue weighted by atomic mass is 10.1. The molecule has 3 N–H and O–H groups in total. The number of hydrogen-bond acceptors (Lipinski definition) is 8. The van der Waals surface area contributed by atoms with Gasteiger partial charge in [0.2, 0.25) is 0 Å².